The predicted molar refractivity (Wildman–Crippen MR) is 99.0 cm³/mol. The molecule has 0 aliphatic heterocycles. The number of urea groups is 1. The fourth-order valence-electron chi connectivity index (χ4n) is 2.75. The van der Waals surface area contributed by atoms with Crippen molar-refractivity contribution in [2.24, 2.45) is 12.5 Å². The molecule has 0 aliphatic rings. The van der Waals surface area contributed by atoms with Gasteiger partial charge >= 0.3 is 6.03 Å². The molecular weight excluding hydrogens is 316 g/mol. The molecular formula is C19H28N4O2. The van der Waals surface area contributed by atoms with Gasteiger partial charge in [-0.15, -0.1) is 0 Å². The normalized spacial score (nSPS) is 12.7. The number of carbonyl (C=O) groups is 1. The van der Waals surface area contributed by atoms with Gasteiger partial charge in [-0.2, -0.15) is 5.10 Å². The van der Waals surface area contributed by atoms with E-state index in [9.17, 15) is 9.90 Å². The van der Waals surface area contributed by atoms with Crippen molar-refractivity contribution >= 4 is 6.03 Å². The Morgan fingerprint density at radius 1 is 1.32 bits per heavy atom. The van der Waals surface area contributed by atoms with Crippen LogP contribution >= 0.6 is 0 Å². The van der Waals surface area contributed by atoms with E-state index in [4.69, 9.17) is 0 Å². The topological polar surface area (TPSA) is 79.2 Å². The minimum atomic E-state index is -0.268. The molecule has 0 aliphatic carbocycles. The fraction of sp³-hybridized carbons (Fsp3) is 0.474. The summed E-state index contributed by atoms with van der Waals surface area (Å²) in [5, 5.41) is 19.3. The van der Waals surface area contributed by atoms with Crippen LogP contribution in [-0.2, 0) is 13.6 Å². The zero-order chi connectivity index (χ0) is 18.4. The molecule has 1 atom stereocenters. The van der Waals surface area contributed by atoms with Crippen LogP contribution < -0.4 is 10.6 Å². The first kappa shape index (κ1) is 19.0. The maximum Gasteiger partial charge on any atom is 0.315 e. The van der Waals surface area contributed by atoms with Crippen LogP contribution in [0.4, 0.5) is 4.79 Å². The number of aryl methyl sites for hydroxylation is 1. The molecule has 136 valence electrons. The second-order valence-electron chi connectivity index (χ2n) is 7.57. The number of amides is 2. The molecule has 25 heavy (non-hydrogen) atoms. The van der Waals surface area contributed by atoms with Crippen LogP contribution in [0.15, 0.2) is 36.7 Å². The van der Waals surface area contributed by atoms with E-state index in [0.29, 0.717) is 13.0 Å². The number of hydrogen-bond donors (Lipinski definition) is 3. The highest BCUT2D eigenvalue weighted by molar-refractivity contribution is 5.74. The number of aromatic nitrogens is 2. The summed E-state index contributed by atoms with van der Waals surface area (Å²) in [7, 11) is 1.88. The highest BCUT2D eigenvalue weighted by atomic mass is 16.3. The minimum Gasteiger partial charge on any atom is -0.394 e. The highest BCUT2D eigenvalue weighted by Crippen LogP contribution is 2.21. The summed E-state index contributed by atoms with van der Waals surface area (Å²) in [6, 6.07) is 7.48. The average molecular weight is 344 g/mol. The van der Waals surface area contributed by atoms with Crippen LogP contribution in [0.5, 0.6) is 0 Å². The van der Waals surface area contributed by atoms with Crippen molar-refractivity contribution in [1.29, 1.82) is 0 Å². The Morgan fingerprint density at radius 2 is 2.08 bits per heavy atom. The van der Waals surface area contributed by atoms with Crippen molar-refractivity contribution in [2.45, 2.75) is 39.8 Å². The Hall–Kier alpha value is -2.34. The number of benzene rings is 1. The van der Waals surface area contributed by atoms with Gasteiger partial charge in [0.15, 0.2) is 0 Å². The number of aliphatic hydroxyl groups excluding tert-OH is 1. The Morgan fingerprint density at radius 3 is 2.68 bits per heavy atom. The zero-order valence-corrected chi connectivity index (χ0v) is 15.4. The summed E-state index contributed by atoms with van der Waals surface area (Å²) in [5.41, 5.74) is 3.15. The van der Waals surface area contributed by atoms with Gasteiger partial charge < -0.3 is 15.7 Å². The SMILES string of the molecule is Cn1cc(-c2cccc(CNC(=O)NC(CO)CC(C)(C)C)c2)cn1. The lowest BCUT2D eigenvalue weighted by Gasteiger charge is -2.25. The van der Waals surface area contributed by atoms with Crippen molar-refractivity contribution < 1.29 is 9.90 Å². The average Bonchev–Trinajstić information content (AvgIpc) is 2.98. The first-order chi connectivity index (χ1) is 11.8. The Bertz CT molecular complexity index is 703. The van der Waals surface area contributed by atoms with Gasteiger partial charge in [0.2, 0.25) is 0 Å². The van der Waals surface area contributed by atoms with E-state index in [-0.39, 0.29) is 24.1 Å². The monoisotopic (exact) mass is 344 g/mol. The van der Waals surface area contributed by atoms with E-state index >= 15 is 0 Å². The predicted octanol–water partition coefficient (Wildman–Crippen LogP) is 2.68. The maximum absolute atomic E-state index is 12.1. The number of rotatable bonds is 6. The number of nitrogens with zero attached hydrogens (tertiary/aromatic N) is 2. The van der Waals surface area contributed by atoms with Crippen LogP contribution in [0.1, 0.15) is 32.8 Å². The van der Waals surface area contributed by atoms with Crippen LogP contribution in [0.3, 0.4) is 0 Å². The first-order valence-electron chi connectivity index (χ1n) is 8.50. The number of nitrogens with one attached hydrogen (secondary N) is 2. The van der Waals surface area contributed by atoms with Gasteiger partial charge in [-0.3, -0.25) is 4.68 Å². The molecule has 1 aromatic carbocycles. The molecule has 1 unspecified atom stereocenters. The molecule has 2 rings (SSSR count). The zero-order valence-electron chi connectivity index (χ0n) is 15.4. The van der Waals surface area contributed by atoms with Gasteiger partial charge in [0.05, 0.1) is 18.8 Å². The summed E-state index contributed by atoms with van der Waals surface area (Å²) in [4.78, 5) is 12.1. The van der Waals surface area contributed by atoms with Gasteiger partial charge in [-0.05, 0) is 29.0 Å². The fourth-order valence-corrected chi connectivity index (χ4v) is 2.75. The first-order valence-corrected chi connectivity index (χ1v) is 8.50. The molecule has 2 aromatic rings. The van der Waals surface area contributed by atoms with Crippen LogP contribution in [-0.4, -0.2) is 33.6 Å². The van der Waals surface area contributed by atoms with Crippen molar-refractivity contribution in [1.82, 2.24) is 20.4 Å². The summed E-state index contributed by atoms with van der Waals surface area (Å²) < 4.78 is 1.76. The largest absolute Gasteiger partial charge is 0.394 e. The third-order valence-corrected chi connectivity index (χ3v) is 3.83. The molecule has 3 N–H and O–H groups in total. The van der Waals surface area contributed by atoms with E-state index in [1.54, 1.807) is 4.68 Å². The van der Waals surface area contributed by atoms with E-state index < -0.39 is 0 Å². The van der Waals surface area contributed by atoms with Gasteiger partial charge in [0.25, 0.3) is 0 Å². The number of carbonyl (C=O) groups excluding carboxylic acids is 1. The van der Waals surface area contributed by atoms with E-state index in [1.165, 1.54) is 0 Å². The second kappa shape index (κ2) is 8.16. The summed E-state index contributed by atoms with van der Waals surface area (Å²) in [6.45, 7) is 6.60. The lowest BCUT2D eigenvalue weighted by Crippen LogP contribution is -2.45. The molecule has 0 bridgehead atoms. The molecule has 2 amide bonds. The summed E-state index contributed by atoms with van der Waals surface area (Å²) in [5.74, 6) is 0. The lowest BCUT2D eigenvalue weighted by molar-refractivity contribution is 0.191. The third-order valence-electron chi connectivity index (χ3n) is 3.83. The molecule has 6 nitrogen and oxygen atoms in total. The second-order valence-corrected chi connectivity index (χ2v) is 7.57. The number of hydrogen-bond acceptors (Lipinski definition) is 3. The Labute approximate surface area is 149 Å². The molecule has 1 aromatic heterocycles. The van der Waals surface area contributed by atoms with E-state index in [1.807, 2.05) is 43.7 Å². The van der Waals surface area contributed by atoms with E-state index in [2.05, 4.69) is 36.5 Å². The molecule has 1 heterocycles. The molecule has 6 heteroatoms. The van der Waals surface area contributed by atoms with E-state index in [0.717, 1.165) is 16.7 Å². The van der Waals surface area contributed by atoms with Crippen LogP contribution in [0, 0.1) is 5.41 Å². The van der Waals surface area contributed by atoms with Crippen molar-refractivity contribution in [2.75, 3.05) is 6.61 Å². The smallest absolute Gasteiger partial charge is 0.315 e. The van der Waals surface area contributed by atoms with Crippen LogP contribution in [0.25, 0.3) is 11.1 Å². The minimum absolute atomic E-state index is 0.0404. The summed E-state index contributed by atoms with van der Waals surface area (Å²) in [6.07, 6.45) is 4.49. The molecule has 0 saturated carbocycles. The van der Waals surface area contributed by atoms with Crippen LogP contribution in [0.2, 0.25) is 0 Å². The quantitative estimate of drug-likeness (QED) is 0.754. The van der Waals surface area contributed by atoms with Gasteiger partial charge in [-0.1, -0.05) is 39.0 Å². The van der Waals surface area contributed by atoms with Crippen molar-refractivity contribution in [3.05, 3.63) is 42.2 Å². The molecule has 0 spiro atoms. The molecule has 0 saturated heterocycles. The highest BCUT2D eigenvalue weighted by Gasteiger charge is 2.19. The van der Waals surface area contributed by atoms with Gasteiger partial charge in [0.1, 0.15) is 0 Å². The standard InChI is InChI=1S/C19H28N4O2/c1-19(2,3)9-17(13-24)22-18(25)20-10-14-6-5-7-15(8-14)16-11-21-23(4)12-16/h5-8,11-12,17,24H,9-10,13H2,1-4H3,(H2,20,22,25). The van der Waals surface area contributed by atoms with Gasteiger partial charge in [-0.25, -0.2) is 4.79 Å². The van der Waals surface area contributed by atoms with Crippen molar-refractivity contribution in [3.8, 4) is 11.1 Å². The van der Waals surface area contributed by atoms with Gasteiger partial charge in [0, 0.05) is 25.4 Å². The number of aliphatic hydroxyl groups is 1. The Balaban J connectivity index is 1.91. The molecule has 0 fully saturated rings. The molecule has 0 radical (unpaired) electrons. The lowest BCUT2D eigenvalue weighted by atomic mass is 9.88. The Kier molecular flexibility index (Phi) is 6.20. The maximum atomic E-state index is 12.1. The third kappa shape index (κ3) is 6.23. The summed E-state index contributed by atoms with van der Waals surface area (Å²) >= 11 is 0. The van der Waals surface area contributed by atoms with Crippen molar-refractivity contribution in [3.63, 3.8) is 0 Å².